The number of amides is 1. The second-order valence-electron chi connectivity index (χ2n) is 10.1. The van der Waals surface area contributed by atoms with Gasteiger partial charge in [0.15, 0.2) is 0 Å². The van der Waals surface area contributed by atoms with Gasteiger partial charge in [0.05, 0.1) is 18.2 Å². The lowest BCUT2D eigenvalue weighted by molar-refractivity contribution is -0.132. The molecule has 1 aromatic rings. The van der Waals surface area contributed by atoms with E-state index in [-0.39, 0.29) is 43.2 Å². The minimum atomic E-state index is -2.56. The van der Waals surface area contributed by atoms with Crippen LogP contribution in [0.25, 0.3) is 0 Å². The lowest BCUT2D eigenvalue weighted by Crippen LogP contribution is -2.77. The Morgan fingerprint density at radius 1 is 1.09 bits per heavy atom. The largest absolute Gasteiger partial charge is 0.371 e. The van der Waals surface area contributed by atoms with Gasteiger partial charge in [-0.2, -0.15) is 5.26 Å². The maximum atomic E-state index is 13.5. The molecule has 0 bridgehead atoms. The third kappa shape index (κ3) is 5.51. The highest BCUT2D eigenvalue weighted by molar-refractivity contribution is 5.81. The van der Waals surface area contributed by atoms with Crippen LogP contribution in [0.2, 0.25) is 0 Å². The summed E-state index contributed by atoms with van der Waals surface area (Å²) < 4.78 is 27.0. The molecule has 4 heterocycles. The molecule has 4 unspecified atom stereocenters. The molecule has 1 aromatic carbocycles. The molecule has 0 aliphatic carbocycles. The Morgan fingerprint density at radius 3 is 2.49 bits per heavy atom. The van der Waals surface area contributed by atoms with E-state index in [9.17, 15) is 13.6 Å². The molecule has 4 atom stereocenters. The van der Waals surface area contributed by atoms with Crippen LogP contribution < -0.4 is 31.7 Å². The number of hydrogen-bond acceptors (Lipinski definition) is 8. The van der Waals surface area contributed by atoms with E-state index in [0.717, 1.165) is 37.3 Å². The lowest BCUT2D eigenvalue weighted by atomic mass is 9.90. The molecular weight excluding hydrogens is 454 g/mol. The standard InChI is InChI=1S/C24H34F2N8O/c25-24(26)8-13-33(14-9-24)18-3-1-17(2-4-18)29-21-20-19(15-28-32-22(20)35)30-23(31-21)34-11-6-16(5-10-27)7-12-34/h1-4,16,19-21,23,28-31H,5-9,11-15H2,(H,32,35). The summed E-state index contributed by atoms with van der Waals surface area (Å²) in [5.41, 5.74) is 7.53. The van der Waals surface area contributed by atoms with Crippen LogP contribution in [0.3, 0.4) is 0 Å². The van der Waals surface area contributed by atoms with Crippen LogP contribution in [0.4, 0.5) is 20.2 Å². The fourth-order valence-corrected chi connectivity index (χ4v) is 5.64. The second-order valence-corrected chi connectivity index (χ2v) is 10.1. The number of fused-ring (bicyclic) bond motifs is 1. The third-order valence-electron chi connectivity index (χ3n) is 7.78. The molecule has 9 nitrogen and oxygen atoms in total. The number of hydrazine groups is 1. The zero-order valence-electron chi connectivity index (χ0n) is 19.8. The molecule has 4 fully saturated rings. The summed E-state index contributed by atoms with van der Waals surface area (Å²) in [6.07, 6.45) is 1.97. The summed E-state index contributed by atoms with van der Waals surface area (Å²) in [5.74, 6) is -2.50. The maximum absolute atomic E-state index is 13.5. The van der Waals surface area contributed by atoms with Crippen LogP contribution in [0.15, 0.2) is 24.3 Å². The van der Waals surface area contributed by atoms with Crippen LogP contribution in [0.5, 0.6) is 0 Å². The van der Waals surface area contributed by atoms with Crippen LogP contribution >= 0.6 is 0 Å². The van der Waals surface area contributed by atoms with Crippen molar-refractivity contribution < 1.29 is 13.6 Å². The molecule has 5 rings (SSSR count). The summed E-state index contributed by atoms with van der Waals surface area (Å²) in [6, 6.07) is 10.0. The molecule has 4 aliphatic rings. The molecule has 0 radical (unpaired) electrons. The van der Waals surface area contributed by atoms with E-state index in [1.807, 2.05) is 29.2 Å². The summed E-state index contributed by atoms with van der Waals surface area (Å²) in [5, 5.41) is 19.7. The first kappa shape index (κ1) is 24.2. The van der Waals surface area contributed by atoms with E-state index in [2.05, 4.69) is 37.8 Å². The Kier molecular flexibility index (Phi) is 7.07. The molecule has 11 heteroatoms. The van der Waals surface area contributed by atoms with E-state index >= 15 is 0 Å². The normalized spacial score (nSPS) is 31.8. The first-order valence-electron chi connectivity index (χ1n) is 12.6. The monoisotopic (exact) mass is 488 g/mol. The molecule has 1 amide bonds. The summed E-state index contributed by atoms with van der Waals surface area (Å²) in [6.45, 7) is 3.10. The molecule has 0 saturated carbocycles. The Labute approximate surface area is 204 Å². The van der Waals surface area contributed by atoms with Crippen molar-refractivity contribution >= 4 is 17.3 Å². The summed E-state index contributed by atoms with van der Waals surface area (Å²) in [4.78, 5) is 17.1. The van der Waals surface area contributed by atoms with Crippen LogP contribution in [-0.4, -0.2) is 68.0 Å². The number of piperidine rings is 2. The van der Waals surface area contributed by atoms with Gasteiger partial charge in [0.1, 0.15) is 6.29 Å². The average molecular weight is 489 g/mol. The van der Waals surface area contributed by atoms with E-state index in [1.165, 1.54) is 0 Å². The van der Waals surface area contributed by atoms with Gasteiger partial charge in [0, 0.05) is 69.4 Å². The number of alkyl halides is 2. The number of hydrogen-bond donors (Lipinski definition) is 5. The number of carbonyl (C=O) groups is 1. The van der Waals surface area contributed by atoms with Gasteiger partial charge < -0.3 is 10.2 Å². The minimum Gasteiger partial charge on any atom is -0.371 e. The summed E-state index contributed by atoms with van der Waals surface area (Å²) in [7, 11) is 0. The first-order valence-corrected chi connectivity index (χ1v) is 12.6. The van der Waals surface area contributed by atoms with Crippen molar-refractivity contribution in [3.05, 3.63) is 24.3 Å². The lowest BCUT2D eigenvalue weighted by Gasteiger charge is -2.49. The number of halogens is 2. The molecule has 35 heavy (non-hydrogen) atoms. The van der Waals surface area contributed by atoms with Crippen LogP contribution in [-0.2, 0) is 4.79 Å². The van der Waals surface area contributed by atoms with Crippen molar-refractivity contribution in [1.29, 1.82) is 5.26 Å². The van der Waals surface area contributed by atoms with Crippen LogP contribution in [0, 0.1) is 23.2 Å². The minimum absolute atomic E-state index is 0.0429. The van der Waals surface area contributed by atoms with Crippen molar-refractivity contribution in [2.24, 2.45) is 11.8 Å². The molecule has 0 spiro atoms. The Balaban J connectivity index is 1.25. The van der Waals surface area contributed by atoms with Gasteiger partial charge in [0.25, 0.3) is 5.92 Å². The summed E-state index contributed by atoms with van der Waals surface area (Å²) >= 11 is 0. The Hall–Kier alpha value is -2.52. The van der Waals surface area contributed by atoms with Crippen molar-refractivity contribution in [2.45, 2.75) is 56.5 Å². The molecule has 0 aromatic heterocycles. The molecule has 4 aliphatic heterocycles. The average Bonchev–Trinajstić information content (AvgIpc) is 2.85. The highest BCUT2D eigenvalue weighted by Gasteiger charge is 2.45. The van der Waals surface area contributed by atoms with Gasteiger partial charge in [-0.15, -0.1) is 0 Å². The van der Waals surface area contributed by atoms with E-state index in [1.54, 1.807) is 0 Å². The Bertz CT molecular complexity index is 920. The van der Waals surface area contributed by atoms with Crippen molar-refractivity contribution in [3.63, 3.8) is 0 Å². The number of likely N-dealkylation sites (tertiary alicyclic amines) is 1. The number of nitriles is 1. The third-order valence-corrected chi connectivity index (χ3v) is 7.78. The quantitative estimate of drug-likeness (QED) is 0.423. The fourth-order valence-electron chi connectivity index (χ4n) is 5.64. The zero-order valence-corrected chi connectivity index (χ0v) is 19.8. The first-order chi connectivity index (χ1) is 16.9. The molecule has 4 saturated heterocycles. The molecular formula is C24H34F2N8O. The fraction of sp³-hybridized carbons (Fsp3) is 0.667. The molecule has 190 valence electrons. The Morgan fingerprint density at radius 2 is 1.80 bits per heavy atom. The SMILES string of the molecule is N#CCC1CCN(C2NC3CNNC(=O)C3C(Nc3ccc(N4CCC(F)(F)CC4)cc3)N2)CC1. The van der Waals surface area contributed by atoms with Crippen molar-refractivity contribution in [3.8, 4) is 6.07 Å². The number of nitrogens with one attached hydrogen (secondary N) is 5. The van der Waals surface area contributed by atoms with Gasteiger partial charge in [-0.25, -0.2) is 14.2 Å². The highest BCUT2D eigenvalue weighted by atomic mass is 19.3. The predicted octanol–water partition coefficient (Wildman–Crippen LogP) is 1.38. The number of benzene rings is 1. The van der Waals surface area contributed by atoms with Crippen LogP contribution in [0.1, 0.15) is 32.1 Å². The number of anilines is 2. The van der Waals surface area contributed by atoms with Crippen molar-refractivity contribution in [2.75, 3.05) is 42.9 Å². The number of rotatable bonds is 5. The molecule has 5 N–H and O–H groups in total. The zero-order chi connectivity index (χ0) is 24.4. The van der Waals surface area contributed by atoms with Gasteiger partial charge in [-0.05, 0) is 43.0 Å². The van der Waals surface area contributed by atoms with Gasteiger partial charge >= 0.3 is 0 Å². The van der Waals surface area contributed by atoms with E-state index in [0.29, 0.717) is 32.0 Å². The topological polar surface area (TPSA) is 107 Å². The van der Waals surface area contributed by atoms with E-state index < -0.39 is 5.92 Å². The van der Waals surface area contributed by atoms with E-state index in [4.69, 9.17) is 5.26 Å². The number of nitrogens with zero attached hydrogens (tertiary/aromatic N) is 3. The highest BCUT2D eigenvalue weighted by Crippen LogP contribution is 2.31. The second kappa shape index (κ2) is 10.2. The smallest absolute Gasteiger partial charge is 0.251 e. The maximum Gasteiger partial charge on any atom is 0.251 e. The van der Waals surface area contributed by atoms with Gasteiger partial charge in [0.2, 0.25) is 5.91 Å². The predicted molar refractivity (Wildman–Crippen MR) is 128 cm³/mol. The van der Waals surface area contributed by atoms with Crippen molar-refractivity contribution in [1.82, 2.24) is 26.4 Å². The number of carbonyl (C=O) groups excluding carboxylic acids is 1. The van der Waals surface area contributed by atoms with Gasteiger partial charge in [-0.1, -0.05) is 0 Å². The van der Waals surface area contributed by atoms with Gasteiger partial charge in [-0.3, -0.25) is 25.8 Å².